The first kappa shape index (κ1) is 20.1. The van der Waals surface area contributed by atoms with Gasteiger partial charge in [-0.1, -0.05) is 66.7 Å². The zero-order chi connectivity index (χ0) is 22.8. The van der Waals surface area contributed by atoms with Gasteiger partial charge in [0.1, 0.15) is 17.5 Å². The smallest absolute Gasteiger partial charge is 0.141 e. The van der Waals surface area contributed by atoms with Gasteiger partial charge >= 0.3 is 0 Å². The molecule has 0 aliphatic rings. The van der Waals surface area contributed by atoms with E-state index in [0.717, 1.165) is 38.7 Å². The summed E-state index contributed by atoms with van der Waals surface area (Å²) >= 11 is 0. The van der Waals surface area contributed by atoms with Gasteiger partial charge in [-0.15, -0.1) is 0 Å². The molecule has 0 spiro atoms. The van der Waals surface area contributed by atoms with Crippen molar-refractivity contribution >= 4 is 16.7 Å². The highest BCUT2D eigenvalue weighted by Crippen LogP contribution is 2.40. The number of hydrogen-bond donors (Lipinski definition) is 1. The highest BCUT2D eigenvalue weighted by molar-refractivity contribution is 6.02. The molecular formula is C28H19N5. The average Bonchev–Trinajstić information content (AvgIpc) is 3.22. The summed E-state index contributed by atoms with van der Waals surface area (Å²) in [6, 6.07) is 30.1. The fourth-order valence-electron chi connectivity index (χ4n) is 4.28. The van der Waals surface area contributed by atoms with E-state index in [0.29, 0.717) is 17.7 Å². The molecule has 0 radical (unpaired) electrons. The van der Waals surface area contributed by atoms with Crippen molar-refractivity contribution in [3.05, 3.63) is 108 Å². The monoisotopic (exact) mass is 425 g/mol. The summed E-state index contributed by atoms with van der Waals surface area (Å²) in [5.41, 5.74) is 12.6. The zero-order valence-corrected chi connectivity index (χ0v) is 17.7. The molecule has 33 heavy (non-hydrogen) atoms. The van der Waals surface area contributed by atoms with Gasteiger partial charge in [0.2, 0.25) is 0 Å². The van der Waals surface area contributed by atoms with Crippen molar-refractivity contribution in [2.75, 3.05) is 5.73 Å². The number of nitrogen functional groups attached to an aromatic ring is 1. The van der Waals surface area contributed by atoms with Crippen molar-refractivity contribution in [1.29, 1.82) is 10.5 Å². The van der Waals surface area contributed by atoms with Crippen LogP contribution in [0, 0.1) is 22.7 Å². The first-order chi connectivity index (χ1) is 16.2. The molecule has 0 saturated carbocycles. The quantitative estimate of drug-likeness (QED) is 0.397. The van der Waals surface area contributed by atoms with Gasteiger partial charge in [-0.2, -0.15) is 10.5 Å². The number of nitrogens with two attached hydrogens (primary N) is 1. The van der Waals surface area contributed by atoms with Crippen LogP contribution in [0.15, 0.2) is 91.3 Å². The minimum atomic E-state index is 0.207. The lowest BCUT2D eigenvalue weighted by molar-refractivity contribution is 0.835. The zero-order valence-electron chi connectivity index (χ0n) is 17.7. The Balaban J connectivity index is 1.79. The third-order valence-electron chi connectivity index (χ3n) is 5.84. The van der Waals surface area contributed by atoms with Crippen LogP contribution in [0.5, 0.6) is 0 Å². The molecule has 0 aliphatic heterocycles. The minimum absolute atomic E-state index is 0.207. The summed E-state index contributed by atoms with van der Waals surface area (Å²) in [7, 11) is 0. The Hall–Kier alpha value is -4.87. The van der Waals surface area contributed by atoms with E-state index in [9.17, 15) is 10.5 Å². The molecule has 0 unspecified atom stereocenters. The van der Waals surface area contributed by atoms with E-state index in [1.807, 2.05) is 85.1 Å². The van der Waals surface area contributed by atoms with Crippen LogP contribution in [-0.4, -0.2) is 9.55 Å². The number of anilines is 1. The van der Waals surface area contributed by atoms with E-state index in [2.05, 4.69) is 21.7 Å². The Labute approximate surface area is 191 Å². The number of aromatic nitrogens is 2. The van der Waals surface area contributed by atoms with E-state index in [1.165, 1.54) is 0 Å². The molecule has 2 heterocycles. The van der Waals surface area contributed by atoms with Gasteiger partial charge in [0.15, 0.2) is 0 Å². The Morgan fingerprint density at radius 2 is 1.55 bits per heavy atom. The SMILES string of the molecule is N#Cc1ccccc1Cn1cc(-c2c(-c3ccccc3)cnc(N)c2C#N)c2ccccc21. The third kappa shape index (κ3) is 3.48. The van der Waals surface area contributed by atoms with Gasteiger partial charge < -0.3 is 10.3 Å². The van der Waals surface area contributed by atoms with Gasteiger partial charge in [-0.25, -0.2) is 4.98 Å². The van der Waals surface area contributed by atoms with Gasteiger partial charge in [0.05, 0.1) is 11.6 Å². The molecule has 0 aliphatic carbocycles. The molecule has 0 atom stereocenters. The van der Waals surface area contributed by atoms with E-state index >= 15 is 0 Å². The fourth-order valence-corrected chi connectivity index (χ4v) is 4.28. The van der Waals surface area contributed by atoms with Crippen LogP contribution in [-0.2, 0) is 6.54 Å². The van der Waals surface area contributed by atoms with Crippen LogP contribution in [0.25, 0.3) is 33.2 Å². The van der Waals surface area contributed by atoms with Crippen LogP contribution in [0.3, 0.4) is 0 Å². The lowest BCUT2D eigenvalue weighted by atomic mass is 9.92. The molecule has 2 N–H and O–H groups in total. The summed E-state index contributed by atoms with van der Waals surface area (Å²) in [5.74, 6) is 0.207. The summed E-state index contributed by atoms with van der Waals surface area (Å²) in [5, 5.41) is 20.5. The van der Waals surface area contributed by atoms with E-state index in [4.69, 9.17) is 5.73 Å². The van der Waals surface area contributed by atoms with Gasteiger partial charge in [0.25, 0.3) is 0 Å². The van der Waals surface area contributed by atoms with Crippen LogP contribution in [0.1, 0.15) is 16.7 Å². The molecule has 0 amide bonds. The predicted molar refractivity (Wildman–Crippen MR) is 130 cm³/mol. The molecule has 0 bridgehead atoms. The average molecular weight is 425 g/mol. The van der Waals surface area contributed by atoms with E-state index in [-0.39, 0.29) is 5.82 Å². The molecule has 0 saturated heterocycles. The van der Waals surface area contributed by atoms with Gasteiger partial charge in [-0.3, -0.25) is 0 Å². The van der Waals surface area contributed by atoms with Crippen molar-refractivity contribution in [2.24, 2.45) is 0 Å². The number of rotatable bonds is 4. The number of para-hydroxylation sites is 1. The first-order valence-corrected chi connectivity index (χ1v) is 10.5. The fraction of sp³-hybridized carbons (Fsp3) is 0.0357. The molecule has 5 nitrogen and oxygen atoms in total. The maximum Gasteiger partial charge on any atom is 0.141 e. The second-order valence-electron chi connectivity index (χ2n) is 7.74. The molecular weight excluding hydrogens is 406 g/mol. The van der Waals surface area contributed by atoms with Gasteiger partial charge in [-0.05, 0) is 23.3 Å². The van der Waals surface area contributed by atoms with E-state index in [1.54, 1.807) is 6.20 Å². The van der Waals surface area contributed by atoms with Gasteiger partial charge in [0, 0.05) is 46.5 Å². The second-order valence-corrected chi connectivity index (χ2v) is 7.74. The molecule has 5 aromatic rings. The number of hydrogen-bond acceptors (Lipinski definition) is 4. The third-order valence-corrected chi connectivity index (χ3v) is 5.84. The molecule has 3 aromatic carbocycles. The number of fused-ring (bicyclic) bond motifs is 1. The summed E-state index contributed by atoms with van der Waals surface area (Å²) < 4.78 is 2.12. The maximum atomic E-state index is 10.0. The van der Waals surface area contributed by atoms with Crippen molar-refractivity contribution < 1.29 is 0 Å². The summed E-state index contributed by atoms with van der Waals surface area (Å²) in [6.45, 7) is 0.535. The normalized spacial score (nSPS) is 10.6. The highest BCUT2D eigenvalue weighted by Gasteiger charge is 2.21. The minimum Gasteiger partial charge on any atom is -0.383 e. The molecule has 5 rings (SSSR count). The van der Waals surface area contributed by atoms with Crippen molar-refractivity contribution in [3.8, 4) is 34.4 Å². The Bertz CT molecular complexity index is 1570. The second kappa shape index (κ2) is 8.34. The number of nitrogens with zero attached hydrogens (tertiary/aromatic N) is 4. The topological polar surface area (TPSA) is 91.4 Å². The van der Waals surface area contributed by atoms with Crippen molar-refractivity contribution in [2.45, 2.75) is 6.54 Å². The predicted octanol–water partition coefficient (Wildman–Crippen LogP) is 5.74. The Kier molecular flexibility index (Phi) is 5.07. The highest BCUT2D eigenvalue weighted by atomic mass is 15.0. The molecule has 0 fully saturated rings. The summed E-state index contributed by atoms with van der Waals surface area (Å²) in [6.07, 6.45) is 3.78. The Morgan fingerprint density at radius 1 is 0.818 bits per heavy atom. The number of nitriles is 2. The molecule has 5 heteroatoms. The molecule has 2 aromatic heterocycles. The van der Waals surface area contributed by atoms with Crippen LogP contribution in [0.2, 0.25) is 0 Å². The first-order valence-electron chi connectivity index (χ1n) is 10.5. The standard InChI is InChI=1S/C28H19N5/c29-14-20-10-4-5-11-21(20)17-33-18-25(22-12-6-7-13-26(22)33)27-23(15-30)28(31)32-16-24(27)19-8-2-1-3-9-19/h1-13,16,18H,17H2,(H2,31,32). The number of benzene rings is 3. The van der Waals surface area contributed by atoms with E-state index < -0.39 is 0 Å². The summed E-state index contributed by atoms with van der Waals surface area (Å²) in [4.78, 5) is 4.30. The maximum absolute atomic E-state index is 10.0. The van der Waals surface area contributed by atoms with Crippen LogP contribution < -0.4 is 5.73 Å². The lowest BCUT2D eigenvalue weighted by Crippen LogP contribution is -2.01. The largest absolute Gasteiger partial charge is 0.383 e. The van der Waals surface area contributed by atoms with Crippen LogP contribution in [0.4, 0.5) is 5.82 Å². The lowest BCUT2D eigenvalue weighted by Gasteiger charge is -2.12. The van der Waals surface area contributed by atoms with Crippen molar-refractivity contribution in [3.63, 3.8) is 0 Å². The Morgan fingerprint density at radius 3 is 2.33 bits per heavy atom. The van der Waals surface area contributed by atoms with Crippen LogP contribution >= 0.6 is 0 Å². The molecule has 156 valence electrons. The van der Waals surface area contributed by atoms with Crippen molar-refractivity contribution in [1.82, 2.24) is 9.55 Å². The number of pyridine rings is 1.